The van der Waals surface area contributed by atoms with Crippen molar-refractivity contribution in [2.75, 3.05) is 0 Å². The predicted octanol–water partition coefficient (Wildman–Crippen LogP) is 11.8. The van der Waals surface area contributed by atoms with Gasteiger partial charge >= 0.3 is 11.9 Å². The lowest BCUT2D eigenvalue weighted by molar-refractivity contribution is -0.204. The molecule has 1 aromatic heterocycles. The summed E-state index contributed by atoms with van der Waals surface area (Å²) < 4.78 is 33.3. The summed E-state index contributed by atoms with van der Waals surface area (Å²) in [6, 6.07) is 13.1. The van der Waals surface area contributed by atoms with Crippen LogP contribution in [0, 0.1) is 56.1 Å². The number of allylic oxidation sites excluding steroid dienone is 2. The molecular formula is C47H56BrFO6. The molecule has 4 saturated carbocycles. The molecule has 0 radical (unpaired) electrons. The first-order valence-electron chi connectivity index (χ1n) is 20.4. The Kier molecular flexibility index (Phi) is 9.22. The van der Waals surface area contributed by atoms with Gasteiger partial charge in [0.15, 0.2) is 5.43 Å². The highest BCUT2D eigenvalue weighted by Crippen LogP contribution is 2.76. The largest absolute Gasteiger partial charge is 0.460 e. The van der Waals surface area contributed by atoms with Gasteiger partial charge in [-0.05, 0) is 135 Å². The van der Waals surface area contributed by atoms with Crippen LogP contribution in [0.1, 0.15) is 129 Å². The zero-order chi connectivity index (χ0) is 39.3. The van der Waals surface area contributed by atoms with Crippen LogP contribution in [0.2, 0.25) is 0 Å². The number of benzene rings is 2. The monoisotopic (exact) mass is 814 g/mol. The maximum absolute atomic E-state index is 14.6. The number of carbonyl (C=O) groups is 2. The van der Waals surface area contributed by atoms with Crippen LogP contribution in [0.4, 0.5) is 4.39 Å². The zero-order valence-corrected chi connectivity index (χ0v) is 35.1. The molecule has 0 unspecified atom stereocenters. The molecule has 2 aromatic carbocycles. The molecule has 5 aliphatic rings. The molecule has 294 valence electrons. The van der Waals surface area contributed by atoms with Crippen molar-refractivity contribution in [2.24, 2.45) is 50.2 Å². The summed E-state index contributed by atoms with van der Waals surface area (Å²) in [6.45, 7) is 16.6. The average molecular weight is 816 g/mol. The number of hydrogen-bond donors (Lipinski definition) is 0. The highest BCUT2D eigenvalue weighted by atomic mass is 79.9. The molecule has 0 bridgehead atoms. The van der Waals surface area contributed by atoms with Gasteiger partial charge < -0.3 is 13.9 Å². The Balaban J connectivity index is 1.03. The Labute approximate surface area is 333 Å². The number of fused-ring (bicyclic) bond motifs is 8. The topological polar surface area (TPSA) is 82.8 Å². The van der Waals surface area contributed by atoms with Crippen LogP contribution in [0.5, 0.6) is 0 Å². The molecule has 6 nitrogen and oxygen atoms in total. The normalized spacial score (nSPS) is 37.7. The van der Waals surface area contributed by atoms with Crippen LogP contribution in [0.15, 0.2) is 73.9 Å². The molecule has 0 spiro atoms. The fraction of sp³-hybridized carbons (Fsp3) is 0.596. The standard InChI is InChI=1S/C47H56BrFO6/c1-42(2)37-16-19-47(7)38(45(37,5)18-17-39(42)55-40(51)36-25-34(50)30-10-8-9-11-35(30)54-36)15-14-31-32-26-44(4,21-20-43(32,3)22-23-46(31,47)6)41(52)53-27-28-12-13-29(48)24-33(28)49/h8-14,24-25,32,37-39H,15-23,26-27H2,1-7H3/t32-,37-,38+,39-,43+,44-,45-,46+,47+/m0/s1. The van der Waals surface area contributed by atoms with Crippen LogP contribution in [0.25, 0.3) is 11.0 Å². The fourth-order valence-electron chi connectivity index (χ4n) is 13.1. The smallest absolute Gasteiger partial charge is 0.374 e. The maximum Gasteiger partial charge on any atom is 0.374 e. The third-order valence-electron chi connectivity index (χ3n) is 16.7. The Bertz CT molecular complexity index is 2160. The molecule has 4 fully saturated rings. The molecule has 0 amide bonds. The quantitative estimate of drug-likeness (QED) is 0.188. The molecule has 8 heteroatoms. The van der Waals surface area contributed by atoms with Gasteiger partial charge in [0, 0.05) is 21.5 Å². The molecule has 9 atom stereocenters. The van der Waals surface area contributed by atoms with Crippen molar-refractivity contribution in [3.8, 4) is 0 Å². The Hall–Kier alpha value is -3.26. The fourth-order valence-corrected chi connectivity index (χ4v) is 13.4. The van der Waals surface area contributed by atoms with E-state index in [9.17, 15) is 18.8 Å². The Morgan fingerprint density at radius 1 is 0.891 bits per heavy atom. The highest BCUT2D eigenvalue weighted by Gasteiger charge is 2.68. The molecular weight excluding hydrogens is 759 g/mol. The lowest BCUT2D eigenvalue weighted by atomic mass is 9.33. The van der Waals surface area contributed by atoms with E-state index in [1.54, 1.807) is 42.0 Å². The number of halogens is 2. The van der Waals surface area contributed by atoms with Crippen LogP contribution in [-0.2, 0) is 20.9 Å². The van der Waals surface area contributed by atoms with Gasteiger partial charge in [0.1, 0.15) is 24.1 Å². The summed E-state index contributed by atoms with van der Waals surface area (Å²) in [6.07, 6.45) is 12.0. The van der Waals surface area contributed by atoms with Gasteiger partial charge in [-0.3, -0.25) is 9.59 Å². The van der Waals surface area contributed by atoms with Crippen molar-refractivity contribution < 1.29 is 27.9 Å². The average Bonchev–Trinajstić information content (AvgIpc) is 3.13. The number of hydrogen-bond acceptors (Lipinski definition) is 6. The number of rotatable bonds is 5. The van der Waals surface area contributed by atoms with Gasteiger partial charge in [-0.2, -0.15) is 0 Å². The lowest BCUT2D eigenvalue weighted by Gasteiger charge is -2.71. The van der Waals surface area contributed by atoms with Gasteiger partial charge in [-0.15, -0.1) is 0 Å². The van der Waals surface area contributed by atoms with Crippen molar-refractivity contribution in [2.45, 2.75) is 125 Å². The van der Waals surface area contributed by atoms with E-state index < -0.39 is 11.4 Å². The number of para-hydroxylation sites is 1. The van der Waals surface area contributed by atoms with E-state index in [1.807, 2.05) is 0 Å². The van der Waals surface area contributed by atoms with Crippen molar-refractivity contribution >= 4 is 38.8 Å². The second-order valence-corrected chi connectivity index (χ2v) is 20.7. The van der Waals surface area contributed by atoms with Gasteiger partial charge in [0.25, 0.3) is 0 Å². The third-order valence-corrected chi connectivity index (χ3v) is 17.2. The van der Waals surface area contributed by atoms with E-state index in [2.05, 4.69) is 70.5 Å². The summed E-state index contributed by atoms with van der Waals surface area (Å²) in [4.78, 5) is 40.2. The predicted molar refractivity (Wildman–Crippen MR) is 215 cm³/mol. The molecule has 5 aliphatic carbocycles. The minimum Gasteiger partial charge on any atom is -0.460 e. The first-order chi connectivity index (χ1) is 25.8. The highest BCUT2D eigenvalue weighted by molar-refractivity contribution is 9.10. The van der Waals surface area contributed by atoms with E-state index in [1.165, 1.54) is 12.1 Å². The summed E-state index contributed by atoms with van der Waals surface area (Å²) in [7, 11) is 0. The van der Waals surface area contributed by atoms with E-state index in [-0.39, 0.29) is 68.7 Å². The Morgan fingerprint density at radius 3 is 2.40 bits per heavy atom. The maximum atomic E-state index is 14.6. The van der Waals surface area contributed by atoms with Crippen LogP contribution >= 0.6 is 15.9 Å². The molecule has 8 rings (SSSR count). The molecule has 0 saturated heterocycles. The van der Waals surface area contributed by atoms with Crippen LogP contribution in [0.3, 0.4) is 0 Å². The van der Waals surface area contributed by atoms with Crippen molar-refractivity contribution in [1.82, 2.24) is 0 Å². The van der Waals surface area contributed by atoms with Crippen LogP contribution in [-0.4, -0.2) is 18.0 Å². The third kappa shape index (κ3) is 5.92. The Morgan fingerprint density at radius 2 is 1.64 bits per heavy atom. The van der Waals surface area contributed by atoms with E-state index >= 15 is 0 Å². The summed E-state index contributed by atoms with van der Waals surface area (Å²) >= 11 is 3.31. The summed E-state index contributed by atoms with van der Waals surface area (Å²) in [5.74, 6) is -0.115. The summed E-state index contributed by atoms with van der Waals surface area (Å²) in [5.41, 5.74) is 1.42. The second-order valence-electron chi connectivity index (χ2n) is 19.8. The van der Waals surface area contributed by atoms with E-state index in [0.29, 0.717) is 32.8 Å². The first-order valence-corrected chi connectivity index (χ1v) is 21.2. The number of ether oxygens (including phenoxy) is 2. The zero-order valence-electron chi connectivity index (χ0n) is 33.5. The van der Waals surface area contributed by atoms with Gasteiger partial charge in [0.05, 0.1) is 10.8 Å². The second kappa shape index (κ2) is 13.1. The first kappa shape index (κ1) is 38.6. The van der Waals surface area contributed by atoms with Crippen molar-refractivity contribution in [3.05, 3.63) is 92.0 Å². The van der Waals surface area contributed by atoms with Gasteiger partial charge in [-0.25, -0.2) is 9.18 Å². The van der Waals surface area contributed by atoms with Gasteiger partial charge in [0.2, 0.25) is 5.76 Å². The molecule has 0 aliphatic heterocycles. The van der Waals surface area contributed by atoms with E-state index in [0.717, 1.165) is 64.2 Å². The minimum absolute atomic E-state index is 0.00212. The molecule has 0 N–H and O–H groups in total. The number of carbonyl (C=O) groups excluding carboxylic acids is 2. The summed E-state index contributed by atoms with van der Waals surface area (Å²) in [5, 5.41) is 0.449. The van der Waals surface area contributed by atoms with Crippen molar-refractivity contribution in [1.29, 1.82) is 0 Å². The van der Waals surface area contributed by atoms with Gasteiger partial charge in [-0.1, -0.05) is 87.3 Å². The van der Waals surface area contributed by atoms with Crippen LogP contribution < -0.4 is 5.43 Å². The molecule has 55 heavy (non-hydrogen) atoms. The molecule has 1 heterocycles. The SMILES string of the molecule is CC1(C)[C@@H](OC(=O)c2cc(=O)c3ccccc3o2)CC[C@]2(C)[C@H]3CC=C4[C@@H]5C[C@@](C)(C(=O)OCc6ccc(Br)cc6F)CC[C@]5(C)CC[C@@]4(C)[C@]3(C)CC[C@@H]12. The van der Waals surface area contributed by atoms with Crippen molar-refractivity contribution in [3.63, 3.8) is 0 Å². The lowest BCUT2D eigenvalue weighted by Crippen LogP contribution is -2.64. The molecule has 3 aromatic rings. The number of esters is 2. The minimum atomic E-state index is -0.633. The van der Waals surface area contributed by atoms with E-state index in [4.69, 9.17) is 13.9 Å².